The van der Waals surface area contributed by atoms with E-state index in [0.717, 1.165) is 35.3 Å². The van der Waals surface area contributed by atoms with E-state index < -0.39 is 0 Å². The van der Waals surface area contributed by atoms with Crippen molar-refractivity contribution < 1.29 is 9.21 Å². The first-order valence-corrected chi connectivity index (χ1v) is 10.00. The van der Waals surface area contributed by atoms with Crippen LogP contribution in [0.25, 0.3) is 11.4 Å². The molecule has 0 spiro atoms. The topological polar surface area (TPSA) is 73.0 Å². The largest absolute Gasteiger partial charge is 0.467 e. The van der Waals surface area contributed by atoms with E-state index in [9.17, 15) is 4.79 Å². The van der Waals surface area contributed by atoms with Crippen molar-refractivity contribution >= 4 is 29.3 Å². The summed E-state index contributed by atoms with van der Waals surface area (Å²) in [6.07, 6.45) is 2.52. The van der Waals surface area contributed by atoms with Crippen molar-refractivity contribution in [3.05, 3.63) is 53.4 Å². The molecule has 1 amide bonds. The van der Waals surface area contributed by atoms with Gasteiger partial charge < -0.3 is 14.3 Å². The van der Waals surface area contributed by atoms with Gasteiger partial charge in [0, 0.05) is 17.1 Å². The molecule has 0 aliphatic rings. The van der Waals surface area contributed by atoms with Gasteiger partial charge in [-0.1, -0.05) is 30.3 Å². The van der Waals surface area contributed by atoms with Gasteiger partial charge in [0.1, 0.15) is 5.76 Å². The average molecular weight is 405 g/mol. The summed E-state index contributed by atoms with van der Waals surface area (Å²) in [7, 11) is 0. The first kappa shape index (κ1) is 19.5. The average Bonchev–Trinajstić information content (AvgIpc) is 3.31. The van der Waals surface area contributed by atoms with Crippen LogP contribution in [0.4, 0.5) is 0 Å². The molecule has 8 heteroatoms. The van der Waals surface area contributed by atoms with Crippen LogP contribution in [-0.4, -0.2) is 25.9 Å². The summed E-state index contributed by atoms with van der Waals surface area (Å²) < 4.78 is 7.28. The van der Waals surface area contributed by atoms with Crippen molar-refractivity contribution in [2.24, 2.45) is 0 Å². The van der Waals surface area contributed by atoms with Gasteiger partial charge in [-0.25, -0.2) is 0 Å². The highest BCUT2D eigenvalue weighted by molar-refractivity contribution is 8.00. The zero-order valence-corrected chi connectivity index (χ0v) is 16.8. The van der Waals surface area contributed by atoms with E-state index in [4.69, 9.17) is 16.0 Å². The first-order valence-electron chi connectivity index (χ1n) is 8.74. The number of halogens is 1. The Morgan fingerprint density at radius 2 is 2.07 bits per heavy atom. The number of hydrogen-bond donors (Lipinski definition) is 1. The van der Waals surface area contributed by atoms with E-state index in [1.807, 2.05) is 41.8 Å². The molecule has 142 valence electrons. The highest BCUT2D eigenvalue weighted by Crippen LogP contribution is 2.28. The molecule has 0 aliphatic carbocycles. The summed E-state index contributed by atoms with van der Waals surface area (Å²) in [5, 5.41) is 12.6. The fourth-order valence-electron chi connectivity index (χ4n) is 2.56. The van der Waals surface area contributed by atoms with E-state index in [-0.39, 0.29) is 11.2 Å². The number of nitrogens with zero attached hydrogens (tertiary/aromatic N) is 3. The molecular weight excluding hydrogens is 384 g/mol. The maximum absolute atomic E-state index is 12.4. The van der Waals surface area contributed by atoms with Crippen LogP contribution in [0.15, 0.2) is 52.2 Å². The second kappa shape index (κ2) is 9.10. The molecule has 1 aromatic carbocycles. The Labute approximate surface area is 167 Å². The zero-order chi connectivity index (χ0) is 19.2. The summed E-state index contributed by atoms with van der Waals surface area (Å²) in [5.74, 6) is 1.43. The first-order chi connectivity index (χ1) is 13.1. The maximum Gasteiger partial charge on any atom is 0.233 e. The lowest BCUT2D eigenvalue weighted by atomic mass is 10.2. The van der Waals surface area contributed by atoms with Gasteiger partial charge in [-0.3, -0.25) is 4.79 Å². The van der Waals surface area contributed by atoms with Crippen LogP contribution < -0.4 is 5.32 Å². The molecular formula is C19H21ClN4O2S. The number of thioether (sulfide) groups is 1. The number of carbonyl (C=O) groups excluding carboxylic acids is 1. The number of aromatic nitrogens is 3. The Balaban J connectivity index is 1.71. The van der Waals surface area contributed by atoms with Crippen molar-refractivity contribution in [2.75, 3.05) is 0 Å². The molecule has 0 bridgehead atoms. The van der Waals surface area contributed by atoms with Gasteiger partial charge in [0.2, 0.25) is 5.91 Å². The molecule has 0 saturated heterocycles. The SMILES string of the molecule is CCCn1c(SC(C)C(=O)NCc2ccco2)nnc1-c1ccc(Cl)cc1. The Morgan fingerprint density at radius 3 is 2.74 bits per heavy atom. The molecule has 2 aromatic heterocycles. The number of benzene rings is 1. The highest BCUT2D eigenvalue weighted by atomic mass is 35.5. The minimum absolute atomic E-state index is 0.0736. The number of carbonyl (C=O) groups is 1. The summed E-state index contributed by atoms with van der Waals surface area (Å²) in [6, 6.07) is 11.1. The molecule has 0 fully saturated rings. The Kier molecular flexibility index (Phi) is 6.58. The van der Waals surface area contributed by atoms with Gasteiger partial charge in [-0.2, -0.15) is 0 Å². The summed E-state index contributed by atoms with van der Waals surface area (Å²) in [5.41, 5.74) is 0.946. The van der Waals surface area contributed by atoms with Gasteiger partial charge in [-0.05, 0) is 49.7 Å². The normalized spacial score (nSPS) is 12.1. The van der Waals surface area contributed by atoms with Crippen LogP contribution in [-0.2, 0) is 17.9 Å². The molecule has 27 heavy (non-hydrogen) atoms. The second-order valence-electron chi connectivity index (χ2n) is 6.02. The van der Waals surface area contributed by atoms with Gasteiger partial charge in [0.15, 0.2) is 11.0 Å². The van der Waals surface area contributed by atoms with Crippen LogP contribution in [0.2, 0.25) is 5.02 Å². The molecule has 2 heterocycles. The lowest BCUT2D eigenvalue weighted by molar-refractivity contribution is -0.120. The van der Waals surface area contributed by atoms with E-state index in [2.05, 4.69) is 22.4 Å². The van der Waals surface area contributed by atoms with Crippen LogP contribution in [0.5, 0.6) is 0 Å². The fraction of sp³-hybridized carbons (Fsp3) is 0.316. The van der Waals surface area contributed by atoms with E-state index >= 15 is 0 Å². The number of nitrogens with one attached hydrogen (secondary N) is 1. The van der Waals surface area contributed by atoms with E-state index in [1.165, 1.54) is 11.8 Å². The molecule has 0 radical (unpaired) electrons. The van der Waals surface area contributed by atoms with Crippen molar-refractivity contribution in [1.29, 1.82) is 0 Å². The smallest absolute Gasteiger partial charge is 0.233 e. The van der Waals surface area contributed by atoms with Crippen molar-refractivity contribution in [1.82, 2.24) is 20.1 Å². The fourth-order valence-corrected chi connectivity index (χ4v) is 3.58. The summed E-state index contributed by atoms with van der Waals surface area (Å²) >= 11 is 7.37. The third-order valence-corrected chi connectivity index (χ3v) is 5.27. The van der Waals surface area contributed by atoms with Gasteiger partial charge in [-0.15, -0.1) is 10.2 Å². The molecule has 3 rings (SSSR count). The Hall–Kier alpha value is -2.25. The van der Waals surface area contributed by atoms with Gasteiger partial charge in [0.05, 0.1) is 18.1 Å². The number of amides is 1. The van der Waals surface area contributed by atoms with Crippen LogP contribution in [0.1, 0.15) is 26.0 Å². The highest BCUT2D eigenvalue weighted by Gasteiger charge is 2.20. The summed E-state index contributed by atoms with van der Waals surface area (Å²) in [6.45, 7) is 5.09. The molecule has 6 nitrogen and oxygen atoms in total. The number of rotatable bonds is 8. The Bertz CT molecular complexity index is 878. The van der Waals surface area contributed by atoms with Crippen molar-refractivity contribution in [2.45, 2.75) is 43.8 Å². The third kappa shape index (κ3) is 4.93. The molecule has 0 saturated carbocycles. The standard InChI is InChI=1S/C19H21ClN4O2S/c1-3-10-24-17(14-6-8-15(20)9-7-14)22-23-19(24)27-13(2)18(25)21-12-16-5-4-11-26-16/h4-9,11,13H,3,10,12H2,1-2H3,(H,21,25). The van der Waals surface area contributed by atoms with Crippen LogP contribution >= 0.6 is 23.4 Å². The minimum atomic E-state index is -0.308. The molecule has 1 atom stereocenters. The lowest BCUT2D eigenvalue weighted by Gasteiger charge is -2.13. The monoisotopic (exact) mass is 404 g/mol. The number of hydrogen-bond acceptors (Lipinski definition) is 5. The van der Waals surface area contributed by atoms with E-state index in [0.29, 0.717) is 11.6 Å². The van der Waals surface area contributed by atoms with Crippen molar-refractivity contribution in [3.8, 4) is 11.4 Å². The maximum atomic E-state index is 12.4. The predicted octanol–water partition coefficient (Wildman–Crippen LogP) is 4.40. The number of furan rings is 1. The zero-order valence-electron chi connectivity index (χ0n) is 15.2. The lowest BCUT2D eigenvalue weighted by Crippen LogP contribution is -2.30. The molecule has 3 aromatic rings. The quantitative estimate of drug-likeness (QED) is 0.563. The second-order valence-corrected chi connectivity index (χ2v) is 7.77. The minimum Gasteiger partial charge on any atom is -0.467 e. The van der Waals surface area contributed by atoms with Gasteiger partial charge >= 0.3 is 0 Å². The molecule has 0 aliphatic heterocycles. The molecule has 1 unspecified atom stereocenters. The van der Waals surface area contributed by atoms with Crippen LogP contribution in [0.3, 0.4) is 0 Å². The van der Waals surface area contributed by atoms with Gasteiger partial charge in [0.25, 0.3) is 0 Å². The van der Waals surface area contributed by atoms with E-state index in [1.54, 1.807) is 12.3 Å². The summed E-state index contributed by atoms with van der Waals surface area (Å²) in [4.78, 5) is 12.4. The third-order valence-electron chi connectivity index (χ3n) is 3.93. The predicted molar refractivity (Wildman–Crippen MR) is 107 cm³/mol. The van der Waals surface area contributed by atoms with Crippen LogP contribution in [0, 0.1) is 0 Å². The Morgan fingerprint density at radius 1 is 1.30 bits per heavy atom. The molecule has 1 N–H and O–H groups in total. The van der Waals surface area contributed by atoms with Crippen molar-refractivity contribution in [3.63, 3.8) is 0 Å².